The van der Waals surface area contributed by atoms with E-state index in [4.69, 9.17) is 0 Å². The fourth-order valence-electron chi connectivity index (χ4n) is 2.32. The molecule has 0 spiro atoms. The fraction of sp³-hybridized carbons (Fsp3) is 0.625. The highest BCUT2D eigenvalue weighted by Crippen LogP contribution is 2.33. The summed E-state index contributed by atoms with van der Waals surface area (Å²) in [4.78, 5) is 0.365. The van der Waals surface area contributed by atoms with Crippen LogP contribution in [-0.2, 0) is 16.6 Å². The topological polar surface area (TPSA) is 58.2 Å². The zero-order valence-corrected chi connectivity index (χ0v) is 13.6. The summed E-state index contributed by atoms with van der Waals surface area (Å²) in [6.45, 7) is 4.30. The van der Waals surface area contributed by atoms with Crippen molar-refractivity contribution in [1.82, 2.24) is 10.0 Å². The highest BCUT2D eigenvalue weighted by molar-refractivity contribution is 7.89. The van der Waals surface area contributed by atoms with E-state index >= 15 is 0 Å². The van der Waals surface area contributed by atoms with Gasteiger partial charge in [0.2, 0.25) is 10.0 Å². The minimum absolute atomic E-state index is 0.365. The normalized spacial score (nSPS) is 15.3. The van der Waals surface area contributed by atoms with E-state index in [1.807, 2.05) is 12.1 Å². The molecule has 0 amide bonds. The van der Waals surface area contributed by atoms with Crippen molar-refractivity contribution in [3.8, 4) is 0 Å². The molecule has 0 unspecified atom stereocenters. The van der Waals surface area contributed by atoms with Crippen LogP contribution in [0.4, 0.5) is 0 Å². The second kappa shape index (κ2) is 7.92. The maximum Gasteiger partial charge on any atom is 0.240 e. The zero-order valence-electron chi connectivity index (χ0n) is 12.8. The molecule has 1 aromatic rings. The van der Waals surface area contributed by atoms with Crippen molar-refractivity contribution >= 4 is 10.0 Å². The van der Waals surface area contributed by atoms with Crippen LogP contribution in [0.3, 0.4) is 0 Å². The Balaban J connectivity index is 1.86. The molecule has 21 heavy (non-hydrogen) atoms. The Morgan fingerprint density at radius 2 is 2.05 bits per heavy atom. The quantitative estimate of drug-likeness (QED) is 0.653. The number of nitrogens with one attached hydrogen (secondary N) is 2. The zero-order chi connectivity index (χ0) is 15.1. The molecule has 0 saturated heterocycles. The Morgan fingerprint density at radius 3 is 2.76 bits per heavy atom. The molecule has 5 heteroatoms. The molecule has 2 N–H and O–H groups in total. The fourth-order valence-corrected chi connectivity index (χ4v) is 3.46. The van der Waals surface area contributed by atoms with Crippen molar-refractivity contribution < 1.29 is 8.42 Å². The third-order valence-electron chi connectivity index (χ3n) is 3.74. The Hall–Kier alpha value is -0.910. The maximum atomic E-state index is 12.2. The van der Waals surface area contributed by atoms with Crippen LogP contribution in [0.1, 0.15) is 44.6 Å². The summed E-state index contributed by atoms with van der Waals surface area (Å²) in [5.41, 5.74) is 1.00. The molecule has 0 atom stereocenters. The molecular weight excluding hydrogens is 284 g/mol. The van der Waals surface area contributed by atoms with Crippen LogP contribution in [0.5, 0.6) is 0 Å². The first-order chi connectivity index (χ1) is 10.1. The molecule has 0 bridgehead atoms. The van der Waals surface area contributed by atoms with Crippen molar-refractivity contribution in [1.29, 1.82) is 0 Å². The van der Waals surface area contributed by atoms with E-state index in [1.54, 1.807) is 12.1 Å². The Kier molecular flexibility index (Phi) is 6.21. The van der Waals surface area contributed by atoms with E-state index in [0.717, 1.165) is 37.3 Å². The molecule has 4 nitrogen and oxygen atoms in total. The standard InChI is InChI=1S/C16H26N2O2S/c1-2-10-17-13-15-5-3-7-16(12-15)21(19,20)18-11-4-6-14-8-9-14/h3,5,7,12,14,17-18H,2,4,6,8-11,13H2,1H3. The van der Waals surface area contributed by atoms with Gasteiger partial charge in [-0.3, -0.25) is 0 Å². The third kappa shape index (κ3) is 5.77. The van der Waals surface area contributed by atoms with Gasteiger partial charge in [0.15, 0.2) is 0 Å². The van der Waals surface area contributed by atoms with Crippen molar-refractivity contribution in [3.05, 3.63) is 29.8 Å². The molecule has 2 rings (SSSR count). The van der Waals surface area contributed by atoms with Gasteiger partial charge in [-0.1, -0.05) is 31.9 Å². The number of sulfonamides is 1. The van der Waals surface area contributed by atoms with Crippen molar-refractivity contribution in [2.24, 2.45) is 5.92 Å². The van der Waals surface area contributed by atoms with Gasteiger partial charge in [-0.15, -0.1) is 0 Å². The summed E-state index contributed by atoms with van der Waals surface area (Å²) in [7, 11) is -3.37. The molecule has 1 aliphatic rings. The predicted octanol–water partition coefficient (Wildman–Crippen LogP) is 2.65. The molecule has 0 aromatic heterocycles. The molecule has 1 fully saturated rings. The van der Waals surface area contributed by atoms with Crippen LogP contribution in [-0.4, -0.2) is 21.5 Å². The summed E-state index contributed by atoms with van der Waals surface area (Å²) in [6, 6.07) is 7.18. The summed E-state index contributed by atoms with van der Waals surface area (Å²) in [5, 5.41) is 3.29. The Bertz CT molecular complexity index is 539. The molecule has 0 aliphatic heterocycles. The molecule has 1 aliphatic carbocycles. The Labute approximate surface area is 128 Å². The summed E-state index contributed by atoms with van der Waals surface area (Å²) < 4.78 is 27.2. The average molecular weight is 310 g/mol. The van der Waals surface area contributed by atoms with Crippen LogP contribution < -0.4 is 10.0 Å². The van der Waals surface area contributed by atoms with Crippen LogP contribution in [0.2, 0.25) is 0 Å². The third-order valence-corrected chi connectivity index (χ3v) is 5.20. The highest BCUT2D eigenvalue weighted by atomic mass is 32.2. The van der Waals surface area contributed by atoms with Gasteiger partial charge in [0, 0.05) is 13.1 Å². The van der Waals surface area contributed by atoms with Crippen molar-refractivity contribution in [2.45, 2.75) is 50.5 Å². The summed E-state index contributed by atoms with van der Waals surface area (Å²) in [6.07, 6.45) is 5.78. The number of benzene rings is 1. The predicted molar refractivity (Wildman–Crippen MR) is 85.6 cm³/mol. The first kappa shape index (κ1) is 16.5. The molecular formula is C16H26N2O2S. The first-order valence-corrected chi connectivity index (χ1v) is 9.39. The maximum absolute atomic E-state index is 12.2. The average Bonchev–Trinajstić information content (AvgIpc) is 3.29. The van der Waals surface area contributed by atoms with E-state index in [2.05, 4.69) is 17.0 Å². The minimum Gasteiger partial charge on any atom is -0.313 e. The lowest BCUT2D eigenvalue weighted by atomic mass is 10.2. The second-order valence-electron chi connectivity index (χ2n) is 5.81. The number of hydrogen-bond acceptors (Lipinski definition) is 3. The molecule has 0 radical (unpaired) electrons. The monoisotopic (exact) mass is 310 g/mol. The summed E-state index contributed by atoms with van der Waals surface area (Å²) in [5.74, 6) is 0.850. The molecule has 118 valence electrons. The van der Waals surface area contributed by atoms with Gasteiger partial charge >= 0.3 is 0 Å². The van der Waals surface area contributed by atoms with Gasteiger partial charge in [-0.25, -0.2) is 13.1 Å². The second-order valence-corrected chi connectivity index (χ2v) is 7.57. The molecule has 1 aromatic carbocycles. The van der Waals surface area contributed by atoms with Gasteiger partial charge < -0.3 is 5.32 Å². The van der Waals surface area contributed by atoms with Crippen LogP contribution in [0.25, 0.3) is 0 Å². The minimum atomic E-state index is -3.37. The van der Waals surface area contributed by atoms with Crippen molar-refractivity contribution in [3.63, 3.8) is 0 Å². The van der Waals surface area contributed by atoms with Crippen molar-refractivity contribution in [2.75, 3.05) is 13.1 Å². The molecule has 0 heterocycles. The highest BCUT2D eigenvalue weighted by Gasteiger charge is 2.20. The van der Waals surface area contributed by atoms with E-state index in [0.29, 0.717) is 18.0 Å². The van der Waals surface area contributed by atoms with Gasteiger partial charge in [0.25, 0.3) is 0 Å². The van der Waals surface area contributed by atoms with Gasteiger partial charge in [0.05, 0.1) is 4.90 Å². The van der Waals surface area contributed by atoms with Gasteiger partial charge in [0.1, 0.15) is 0 Å². The largest absolute Gasteiger partial charge is 0.313 e. The van der Waals surface area contributed by atoms with E-state index in [1.165, 1.54) is 12.8 Å². The number of rotatable bonds is 10. The van der Waals surface area contributed by atoms with Gasteiger partial charge in [-0.2, -0.15) is 0 Å². The van der Waals surface area contributed by atoms with E-state index in [9.17, 15) is 8.42 Å². The summed E-state index contributed by atoms with van der Waals surface area (Å²) >= 11 is 0. The number of hydrogen-bond donors (Lipinski definition) is 2. The van der Waals surface area contributed by atoms with Gasteiger partial charge in [-0.05, 0) is 49.4 Å². The van der Waals surface area contributed by atoms with Crippen LogP contribution >= 0.6 is 0 Å². The lowest BCUT2D eigenvalue weighted by Crippen LogP contribution is -2.25. The first-order valence-electron chi connectivity index (χ1n) is 7.91. The Morgan fingerprint density at radius 1 is 1.24 bits per heavy atom. The van der Waals surface area contributed by atoms with E-state index < -0.39 is 10.0 Å². The van der Waals surface area contributed by atoms with Crippen LogP contribution in [0.15, 0.2) is 29.2 Å². The lowest BCUT2D eigenvalue weighted by molar-refractivity contribution is 0.572. The molecule has 1 saturated carbocycles. The lowest BCUT2D eigenvalue weighted by Gasteiger charge is -2.09. The smallest absolute Gasteiger partial charge is 0.240 e. The van der Waals surface area contributed by atoms with E-state index in [-0.39, 0.29) is 0 Å². The SMILES string of the molecule is CCCNCc1cccc(S(=O)(=O)NCCCC2CC2)c1. The van der Waals surface area contributed by atoms with Crippen LogP contribution in [0, 0.1) is 5.92 Å².